The Balaban J connectivity index is 1.81. The second kappa shape index (κ2) is 8.37. The summed E-state index contributed by atoms with van der Waals surface area (Å²) in [5.74, 6) is 0.888. The minimum Gasteiger partial charge on any atom is -0.368 e. The van der Waals surface area contributed by atoms with E-state index in [-0.39, 0.29) is 12.0 Å². The molecule has 142 valence electrons. The monoisotopic (exact) mass is 385 g/mol. The molecule has 0 unspecified atom stereocenters. The first-order valence-corrected chi connectivity index (χ1v) is 9.17. The fourth-order valence-electron chi connectivity index (χ4n) is 2.89. The van der Waals surface area contributed by atoms with Gasteiger partial charge in [-0.1, -0.05) is 29.8 Å². The molecule has 0 bridgehead atoms. The summed E-state index contributed by atoms with van der Waals surface area (Å²) in [6.07, 6.45) is 3.72. The number of rotatable bonds is 7. The normalized spacial score (nSPS) is 12.3. The molecule has 1 atom stereocenters. The van der Waals surface area contributed by atoms with Crippen molar-refractivity contribution in [1.82, 2.24) is 24.6 Å². The first-order chi connectivity index (χ1) is 13.0. The van der Waals surface area contributed by atoms with Gasteiger partial charge in [0, 0.05) is 35.9 Å². The van der Waals surface area contributed by atoms with Crippen LogP contribution in [0, 0.1) is 0 Å². The van der Waals surface area contributed by atoms with Crippen LogP contribution in [-0.4, -0.2) is 45.3 Å². The van der Waals surface area contributed by atoms with Gasteiger partial charge < -0.3 is 16.0 Å². The summed E-state index contributed by atoms with van der Waals surface area (Å²) in [6.45, 7) is 3.46. The zero-order chi connectivity index (χ0) is 19.4. The minimum absolute atomic E-state index is 0.0844. The molecule has 0 aliphatic carbocycles. The molecular weight excluding hydrogens is 362 g/mol. The van der Waals surface area contributed by atoms with Crippen LogP contribution in [0.2, 0.25) is 5.02 Å². The summed E-state index contributed by atoms with van der Waals surface area (Å²) >= 11 is 6.38. The van der Waals surface area contributed by atoms with Crippen molar-refractivity contribution in [2.45, 2.75) is 19.5 Å². The maximum atomic E-state index is 6.38. The van der Waals surface area contributed by atoms with E-state index in [0.29, 0.717) is 12.4 Å². The van der Waals surface area contributed by atoms with Gasteiger partial charge in [-0.25, -0.2) is 4.98 Å². The summed E-state index contributed by atoms with van der Waals surface area (Å²) < 4.78 is 1.85. The molecule has 0 radical (unpaired) electrons. The molecule has 3 N–H and O–H groups in total. The van der Waals surface area contributed by atoms with E-state index >= 15 is 0 Å². The maximum Gasteiger partial charge on any atom is 0.222 e. The third-order valence-corrected chi connectivity index (χ3v) is 4.70. The van der Waals surface area contributed by atoms with Crippen LogP contribution in [-0.2, 0) is 6.54 Å². The molecule has 2 aromatic heterocycles. The van der Waals surface area contributed by atoms with E-state index in [1.54, 1.807) is 6.20 Å². The number of nitrogen functional groups attached to an aromatic ring is 1. The number of hydrogen-bond acceptors (Lipinski definition) is 6. The Bertz CT molecular complexity index is 907. The van der Waals surface area contributed by atoms with Crippen LogP contribution >= 0.6 is 11.6 Å². The Morgan fingerprint density at radius 2 is 2.04 bits per heavy atom. The van der Waals surface area contributed by atoms with Crippen molar-refractivity contribution in [3.63, 3.8) is 0 Å². The van der Waals surface area contributed by atoms with Gasteiger partial charge in [-0.2, -0.15) is 10.1 Å². The molecule has 0 saturated carbocycles. The smallest absolute Gasteiger partial charge is 0.222 e. The number of hydrogen-bond donors (Lipinski definition) is 2. The zero-order valence-corrected chi connectivity index (χ0v) is 16.5. The van der Waals surface area contributed by atoms with Crippen LogP contribution in [0.1, 0.15) is 18.5 Å². The van der Waals surface area contributed by atoms with Crippen LogP contribution in [0.3, 0.4) is 0 Å². The second-order valence-electron chi connectivity index (χ2n) is 6.46. The van der Waals surface area contributed by atoms with E-state index in [4.69, 9.17) is 17.3 Å². The van der Waals surface area contributed by atoms with Gasteiger partial charge in [0.1, 0.15) is 5.82 Å². The van der Waals surface area contributed by atoms with Gasteiger partial charge in [0.15, 0.2) is 0 Å². The number of aromatic nitrogens is 4. The third kappa shape index (κ3) is 4.56. The average molecular weight is 386 g/mol. The van der Waals surface area contributed by atoms with E-state index in [0.717, 1.165) is 28.4 Å². The molecule has 0 amide bonds. The van der Waals surface area contributed by atoms with Crippen LogP contribution < -0.4 is 11.1 Å². The molecular formula is C19H24ClN7. The van der Waals surface area contributed by atoms with Crippen molar-refractivity contribution >= 4 is 23.4 Å². The highest BCUT2D eigenvalue weighted by atomic mass is 35.5. The van der Waals surface area contributed by atoms with Crippen molar-refractivity contribution in [3.05, 3.63) is 53.3 Å². The molecule has 0 aliphatic heterocycles. The lowest BCUT2D eigenvalue weighted by molar-refractivity contribution is 0.312. The first kappa shape index (κ1) is 19.1. The van der Waals surface area contributed by atoms with Crippen molar-refractivity contribution < 1.29 is 0 Å². The first-order valence-electron chi connectivity index (χ1n) is 8.80. The van der Waals surface area contributed by atoms with Crippen LogP contribution in [0.25, 0.3) is 11.3 Å². The van der Waals surface area contributed by atoms with Gasteiger partial charge in [-0.05, 0) is 32.6 Å². The molecule has 0 spiro atoms. The van der Waals surface area contributed by atoms with Crippen LogP contribution in [0.15, 0.2) is 42.7 Å². The van der Waals surface area contributed by atoms with Gasteiger partial charge in [0.05, 0.1) is 17.9 Å². The van der Waals surface area contributed by atoms with E-state index in [9.17, 15) is 0 Å². The summed E-state index contributed by atoms with van der Waals surface area (Å²) in [6, 6.07) is 9.82. The number of nitrogens with one attached hydrogen (secondary N) is 1. The van der Waals surface area contributed by atoms with Crippen LogP contribution in [0.5, 0.6) is 0 Å². The second-order valence-corrected chi connectivity index (χ2v) is 6.87. The van der Waals surface area contributed by atoms with Crippen molar-refractivity contribution in [2.75, 3.05) is 31.7 Å². The van der Waals surface area contributed by atoms with E-state index in [1.807, 2.05) is 62.2 Å². The van der Waals surface area contributed by atoms with E-state index in [1.165, 1.54) is 0 Å². The highest BCUT2D eigenvalue weighted by Gasteiger charge is 2.17. The molecule has 27 heavy (non-hydrogen) atoms. The summed E-state index contributed by atoms with van der Waals surface area (Å²) in [7, 11) is 4.04. The molecule has 8 heteroatoms. The predicted molar refractivity (Wildman–Crippen MR) is 110 cm³/mol. The predicted octanol–water partition coefficient (Wildman–Crippen LogP) is 3.31. The Kier molecular flexibility index (Phi) is 5.93. The van der Waals surface area contributed by atoms with Gasteiger partial charge in [0.25, 0.3) is 0 Å². The summed E-state index contributed by atoms with van der Waals surface area (Å²) in [5, 5.41) is 8.40. The molecule has 7 nitrogen and oxygen atoms in total. The molecule has 0 fully saturated rings. The summed E-state index contributed by atoms with van der Waals surface area (Å²) in [4.78, 5) is 10.8. The number of aryl methyl sites for hydroxylation is 1. The van der Waals surface area contributed by atoms with Gasteiger partial charge in [-0.15, -0.1) is 0 Å². The fraction of sp³-hybridized carbons (Fsp3) is 0.316. The van der Waals surface area contributed by atoms with Crippen LogP contribution in [0.4, 0.5) is 11.8 Å². The number of benzene rings is 1. The highest BCUT2D eigenvalue weighted by Crippen LogP contribution is 2.27. The van der Waals surface area contributed by atoms with Gasteiger partial charge in [-0.3, -0.25) is 4.68 Å². The molecule has 1 aromatic carbocycles. The minimum atomic E-state index is 0.0844. The van der Waals surface area contributed by atoms with Crippen molar-refractivity contribution in [2.24, 2.45) is 0 Å². The number of halogens is 1. The lowest BCUT2D eigenvalue weighted by Gasteiger charge is -2.26. The molecule has 2 heterocycles. The average Bonchev–Trinajstić information content (AvgIpc) is 3.12. The zero-order valence-electron chi connectivity index (χ0n) is 15.7. The Labute approximate surface area is 164 Å². The number of likely N-dealkylation sites (N-methyl/N-ethyl adjacent to an activating group) is 1. The highest BCUT2D eigenvalue weighted by molar-refractivity contribution is 6.31. The van der Waals surface area contributed by atoms with Gasteiger partial charge >= 0.3 is 0 Å². The topological polar surface area (TPSA) is 84.9 Å². The summed E-state index contributed by atoms with van der Waals surface area (Å²) in [5.41, 5.74) is 8.62. The number of nitrogens with two attached hydrogens (primary N) is 1. The molecule has 3 aromatic rings. The lowest BCUT2D eigenvalue weighted by Crippen LogP contribution is -2.27. The fourth-order valence-corrected chi connectivity index (χ4v) is 3.15. The van der Waals surface area contributed by atoms with E-state index in [2.05, 4.69) is 25.3 Å². The molecule has 3 rings (SSSR count). The van der Waals surface area contributed by atoms with E-state index < -0.39 is 0 Å². The largest absolute Gasteiger partial charge is 0.368 e. The Morgan fingerprint density at radius 3 is 2.70 bits per heavy atom. The van der Waals surface area contributed by atoms with Crippen molar-refractivity contribution in [3.8, 4) is 11.3 Å². The Morgan fingerprint density at radius 1 is 1.26 bits per heavy atom. The molecule has 0 aliphatic rings. The molecule has 0 saturated heterocycles. The number of nitrogens with zero attached hydrogens (tertiary/aromatic N) is 5. The van der Waals surface area contributed by atoms with Crippen molar-refractivity contribution in [1.29, 1.82) is 0 Å². The standard InChI is InChI=1S/C19H24ClN7/c1-4-27-12-13(10-23-27)16-9-18(25-19(21)24-16)22-11-17(26(2)3)14-7-5-6-8-15(14)20/h5-10,12,17H,4,11H2,1-3H3,(H3,21,22,24,25)/t17-/m0/s1. The third-order valence-electron chi connectivity index (χ3n) is 4.36. The Hall–Kier alpha value is -2.64. The number of anilines is 2. The lowest BCUT2D eigenvalue weighted by atomic mass is 10.1. The maximum absolute atomic E-state index is 6.38. The quantitative estimate of drug-likeness (QED) is 0.649. The van der Waals surface area contributed by atoms with Gasteiger partial charge in [0.2, 0.25) is 5.95 Å². The SMILES string of the molecule is CCn1cc(-c2cc(NC[C@@H](c3ccccc3Cl)N(C)C)nc(N)n2)cn1.